The van der Waals surface area contributed by atoms with Crippen molar-refractivity contribution in [1.29, 1.82) is 0 Å². The van der Waals surface area contributed by atoms with Gasteiger partial charge in [-0.15, -0.1) is 0 Å². The van der Waals surface area contributed by atoms with Crippen LogP contribution in [0.15, 0.2) is 71.3 Å². The molecule has 0 saturated carbocycles. The molecule has 0 radical (unpaired) electrons. The zero-order valence-corrected chi connectivity index (χ0v) is 16.0. The number of likely N-dealkylation sites (N-methyl/N-ethyl adjacent to an activating group) is 1. The van der Waals surface area contributed by atoms with Crippen LogP contribution in [-0.4, -0.2) is 36.9 Å². The minimum absolute atomic E-state index is 0.170. The molecule has 0 fully saturated rings. The Labute approximate surface area is 167 Å². The van der Waals surface area contributed by atoms with Gasteiger partial charge in [0, 0.05) is 7.05 Å². The predicted octanol–water partition coefficient (Wildman–Crippen LogP) is 4.34. The van der Waals surface area contributed by atoms with Gasteiger partial charge in [0.1, 0.15) is 12.4 Å². The molecular formula is C21H19ClN2O4. The van der Waals surface area contributed by atoms with Gasteiger partial charge in [-0.3, -0.25) is 9.59 Å². The van der Waals surface area contributed by atoms with Crippen LogP contribution < -0.4 is 10.1 Å². The number of nitrogens with zero attached hydrogens (tertiary/aromatic N) is 1. The number of furan rings is 1. The largest absolute Gasteiger partial charge is 0.490 e. The van der Waals surface area contributed by atoms with Gasteiger partial charge in [-0.25, -0.2) is 0 Å². The fraction of sp³-hybridized carbons (Fsp3) is 0.143. The average Bonchev–Trinajstić information content (AvgIpc) is 3.24. The molecule has 1 aromatic heterocycles. The van der Waals surface area contributed by atoms with Crippen LogP contribution in [0.1, 0.15) is 20.9 Å². The van der Waals surface area contributed by atoms with Crippen molar-refractivity contribution in [1.82, 2.24) is 4.90 Å². The highest BCUT2D eigenvalue weighted by molar-refractivity contribution is 6.32. The van der Waals surface area contributed by atoms with E-state index in [2.05, 4.69) is 5.32 Å². The predicted molar refractivity (Wildman–Crippen MR) is 107 cm³/mol. The Kier molecular flexibility index (Phi) is 6.34. The van der Waals surface area contributed by atoms with E-state index in [1.54, 1.807) is 55.6 Å². The smallest absolute Gasteiger partial charge is 0.291 e. The number of hydrogen-bond acceptors (Lipinski definition) is 4. The first-order valence-corrected chi connectivity index (χ1v) is 9.00. The summed E-state index contributed by atoms with van der Waals surface area (Å²) < 4.78 is 10.7. The second-order valence-corrected chi connectivity index (χ2v) is 6.39. The normalized spacial score (nSPS) is 10.4. The maximum absolute atomic E-state index is 12.8. The van der Waals surface area contributed by atoms with Crippen LogP contribution in [0.25, 0.3) is 0 Å². The highest BCUT2D eigenvalue weighted by Crippen LogP contribution is 2.23. The van der Waals surface area contributed by atoms with E-state index >= 15 is 0 Å². The molecule has 0 aliphatic carbocycles. The Hall–Kier alpha value is -3.25. The van der Waals surface area contributed by atoms with Gasteiger partial charge in [0.2, 0.25) is 0 Å². The summed E-state index contributed by atoms with van der Waals surface area (Å²) in [4.78, 5) is 26.6. The molecule has 0 spiro atoms. The number of amides is 2. The summed E-state index contributed by atoms with van der Waals surface area (Å²) in [6.45, 7) is 0.636. The molecule has 0 atom stereocenters. The highest BCUT2D eigenvalue weighted by atomic mass is 35.5. The fourth-order valence-electron chi connectivity index (χ4n) is 2.53. The molecule has 0 saturated heterocycles. The van der Waals surface area contributed by atoms with E-state index in [1.165, 1.54) is 11.2 Å². The summed E-state index contributed by atoms with van der Waals surface area (Å²) in [7, 11) is 1.67. The van der Waals surface area contributed by atoms with Gasteiger partial charge in [0.25, 0.3) is 11.8 Å². The lowest BCUT2D eigenvalue weighted by molar-refractivity contribution is 0.0775. The van der Waals surface area contributed by atoms with Crippen molar-refractivity contribution < 1.29 is 18.7 Å². The van der Waals surface area contributed by atoms with E-state index < -0.39 is 5.91 Å². The monoisotopic (exact) mass is 398 g/mol. The molecule has 28 heavy (non-hydrogen) atoms. The number of hydrogen-bond donors (Lipinski definition) is 1. The molecule has 3 rings (SSSR count). The van der Waals surface area contributed by atoms with Crippen LogP contribution in [-0.2, 0) is 0 Å². The molecular weight excluding hydrogens is 380 g/mol. The number of carbonyl (C=O) groups is 2. The maximum Gasteiger partial charge on any atom is 0.291 e. The number of ether oxygens (including phenoxy) is 1. The molecule has 0 bridgehead atoms. The van der Waals surface area contributed by atoms with Crippen molar-refractivity contribution in [3.63, 3.8) is 0 Å². The molecule has 0 aliphatic rings. The van der Waals surface area contributed by atoms with Gasteiger partial charge in [0.15, 0.2) is 5.76 Å². The van der Waals surface area contributed by atoms with Gasteiger partial charge in [-0.2, -0.15) is 0 Å². The summed E-state index contributed by atoms with van der Waals surface area (Å²) >= 11 is 6.06. The SMILES string of the molecule is CN(CCOc1ccccc1Cl)C(=O)c1ccccc1NC(=O)c1ccco1. The Bertz CT molecular complexity index is 957. The van der Waals surface area contributed by atoms with Gasteiger partial charge in [-0.1, -0.05) is 35.9 Å². The summed E-state index contributed by atoms with van der Waals surface area (Å²) in [5, 5.41) is 3.23. The third-order valence-corrected chi connectivity index (χ3v) is 4.33. The second kappa shape index (κ2) is 9.10. The number of rotatable bonds is 7. The topological polar surface area (TPSA) is 71.8 Å². The molecule has 144 valence electrons. The van der Waals surface area contributed by atoms with E-state index in [-0.39, 0.29) is 18.3 Å². The van der Waals surface area contributed by atoms with Crippen molar-refractivity contribution in [3.05, 3.63) is 83.3 Å². The van der Waals surface area contributed by atoms with Crippen molar-refractivity contribution >= 4 is 29.1 Å². The van der Waals surface area contributed by atoms with Gasteiger partial charge in [0.05, 0.1) is 29.1 Å². The van der Waals surface area contributed by atoms with Crippen LogP contribution >= 0.6 is 11.6 Å². The third kappa shape index (κ3) is 4.72. The summed E-state index contributed by atoms with van der Waals surface area (Å²) in [6, 6.07) is 17.1. The molecule has 2 aromatic carbocycles. The third-order valence-electron chi connectivity index (χ3n) is 4.02. The van der Waals surface area contributed by atoms with Crippen LogP contribution in [0.2, 0.25) is 5.02 Å². The zero-order valence-electron chi connectivity index (χ0n) is 15.2. The molecule has 1 heterocycles. The number of benzene rings is 2. The van der Waals surface area contributed by atoms with E-state index in [4.69, 9.17) is 20.8 Å². The fourth-order valence-corrected chi connectivity index (χ4v) is 2.72. The Morgan fingerprint density at radius 2 is 1.82 bits per heavy atom. The van der Waals surface area contributed by atoms with Crippen LogP contribution in [0.5, 0.6) is 5.75 Å². The molecule has 0 aliphatic heterocycles. The average molecular weight is 399 g/mol. The Morgan fingerprint density at radius 3 is 2.57 bits per heavy atom. The van der Waals surface area contributed by atoms with E-state index in [0.717, 1.165) is 0 Å². The van der Waals surface area contributed by atoms with Crippen molar-refractivity contribution in [2.24, 2.45) is 0 Å². The molecule has 6 nitrogen and oxygen atoms in total. The number of carbonyl (C=O) groups excluding carboxylic acids is 2. The van der Waals surface area contributed by atoms with Gasteiger partial charge in [-0.05, 0) is 36.4 Å². The standard InChI is InChI=1S/C21H19ClN2O4/c1-24(12-14-28-18-10-5-3-8-16(18)22)21(26)15-7-2-4-9-17(15)23-20(25)19-11-6-13-27-19/h2-11,13H,12,14H2,1H3,(H,23,25). The van der Waals surface area contributed by atoms with Gasteiger partial charge >= 0.3 is 0 Å². The van der Waals surface area contributed by atoms with E-state index in [9.17, 15) is 9.59 Å². The summed E-state index contributed by atoms with van der Waals surface area (Å²) in [5.74, 6) is 0.0768. The number of nitrogens with one attached hydrogen (secondary N) is 1. The first-order valence-electron chi connectivity index (χ1n) is 8.63. The van der Waals surface area contributed by atoms with Crippen LogP contribution in [0.4, 0.5) is 5.69 Å². The minimum Gasteiger partial charge on any atom is -0.490 e. The number of anilines is 1. The lowest BCUT2D eigenvalue weighted by Gasteiger charge is -2.19. The van der Waals surface area contributed by atoms with Crippen LogP contribution in [0, 0.1) is 0 Å². The lowest BCUT2D eigenvalue weighted by atomic mass is 10.1. The lowest BCUT2D eigenvalue weighted by Crippen LogP contribution is -2.31. The Balaban J connectivity index is 1.63. The first-order chi connectivity index (χ1) is 13.6. The van der Waals surface area contributed by atoms with Crippen molar-refractivity contribution in [3.8, 4) is 5.75 Å². The Morgan fingerprint density at radius 1 is 1.07 bits per heavy atom. The molecule has 3 aromatic rings. The summed E-state index contributed by atoms with van der Waals surface area (Å²) in [6.07, 6.45) is 1.42. The van der Waals surface area contributed by atoms with Crippen LogP contribution in [0.3, 0.4) is 0 Å². The van der Waals surface area contributed by atoms with Gasteiger partial charge < -0.3 is 19.4 Å². The molecule has 2 amide bonds. The second-order valence-electron chi connectivity index (χ2n) is 5.98. The highest BCUT2D eigenvalue weighted by Gasteiger charge is 2.18. The maximum atomic E-state index is 12.8. The number of para-hydroxylation sites is 2. The quantitative estimate of drug-likeness (QED) is 0.642. The molecule has 1 N–H and O–H groups in total. The zero-order chi connectivity index (χ0) is 19.9. The van der Waals surface area contributed by atoms with E-state index in [1.807, 2.05) is 12.1 Å². The molecule has 7 heteroatoms. The van der Waals surface area contributed by atoms with Crippen molar-refractivity contribution in [2.45, 2.75) is 0 Å². The molecule has 0 unspecified atom stereocenters. The van der Waals surface area contributed by atoms with E-state index in [0.29, 0.717) is 28.6 Å². The number of halogens is 1. The summed E-state index contributed by atoms with van der Waals surface area (Å²) in [5.41, 5.74) is 0.787. The minimum atomic E-state index is -0.421. The first kappa shape index (κ1) is 19.5. The van der Waals surface area contributed by atoms with Crippen molar-refractivity contribution in [2.75, 3.05) is 25.5 Å².